The number of aliphatic imine (C=N–C) groups is 1. The normalized spacial score (nSPS) is 18.0. The molecular formula is C24H37N5O. The van der Waals surface area contributed by atoms with Crippen molar-refractivity contribution in [2.75, 3.05) is 13.1 Å². The van der Waals surface area contributed by atoms with Gasteiger partial charge in [-0.05, 0) is 50.3 Å². The minimum atomic E-state index is 0.364. The van der Waals surface area contributed by atoms with Crippen molar-refractivity contribution in [2.24, 2.45) is 4.99 Å². The van der Waals surface area contributed by atoms with E-state index >= 15 is 0 Å². The summed E-state index contributed by atoms with van der Waals surface area (Å²) in [5, 5.41) is 10.8. The van der Waals surface area contributed by atoms with Gasteiger partial charge < -0.3 is 15.2 Å². The van der Waals surface area contributed by atoms with Gasteiger partial charge in [0.15, 0.2) is 11.7 Å². The van der Waals surface area contributed by atoms with Crippen LogP contribution in [0, 0.1) is 0 Å². The molecule has 1 saturated heterocycles. The minimum Gasteiger partial charge on any atom is -0.359 e. The molecule has 1 aromatic carbocycles. The molecule has 6 nitrogen and oxygen atoms in total. The van der Waals surface area contributed by atoms with Crippen LogP contribution in [0.5, 0.6) is 0 Å². The Labute approximate surface area is 181 Å². The van der Waals surface area contributed by atoms with E-state index in [1.165, 1.54) is 36.9 Å². The van der Waals surface area contributed by atoms with Crippen molar-refractivity contribution in [1.29, 1.82) is 0 Å². The third-order valence-electron chi connectivity index (χ3n) is 5.78. The number of hydrogen-bond donors (Lipinski definition) is 2. The van der Waals surface area contributed by atoms with Crippen LogP contribution in [0.2, 0.25) is 0 Å². The molecule has 0 aliphatic carbocycles. The highest BCUT2D eigenvalue weighted by molar-refractivity contribution is 5.79. The fourth-order valence-corrected chi connectivity index (χ4v) is 3.84. The third-order valence-corrected chi connectivity index (χ3v) is 5.78. The Morgan fingerprint density at radius 1 is 1.23 bits per heavy atom. The second-order valence-electron chi connectivity index (χ2n) is 8.51. The Bertz CT molecular complexity index is 813. The van der Waals surface area contributed by atoms with Crippen LogP contribution in [-0.4, -0.2) is 35.1 Å². The maximum Gasteiger partial charge on any atom is 0.191 e. The first-order valence-electron chi connectivity index (χ1n) is 11.3. The number of hydrogen-bond acceptors (Lipinski definition) is 4. The summed E-state index contributed by atoms with van der Waals surface area (Å²) in [6.07, 6.45) is 3.96. The van der Waals surface area contributed by atoms with Gasteiger partial charge in [-0.3, -0.25) is 4.90 Å². The summed E-state index contributed by atoms with van der Waals surface area (Å²) in [6.45, 7) is 12.9. The molecule has 0 spiro atoms. The summed E-state index contributed by atoms with van der Waals surface area (Å²) >= 11 is 0. The highest BCUT2D eigenvalue weighted by Gasteiger charge is 2.19. The van der Waals surface area contributed by atoms with Gasteiger partial charge in [0, 0.05) is 25.2 Å². The summed E-state index contributed by atoms with van der Waals surface area (Å²) in [6, 6.07) is 11.4. The molecule has 2 N–H and O–H groups in total. The quantitative estimate of drug-likeness (QED) is 0.497. The molecule has 0 radical (unpaired) electrons. The predicted octanol–water partition coefficient (Wildman–Crippen LogP) is 4.43. The van der Waals surface area contributed by atoms with Gasteiger partial charge in [-0.2, -0.15) is 0 Å². The van der Waals surface area contributed by atoms with Gasteiger partial charge in [0.25, 0.3) is 0 Å². The van der Waals surface area contributed by atoms with Crippen molar-refractivity contribution in [1.82, 2.24) is 20.7 Å². The van der Waals surface area contributed by atoms with E-state index in [9.17, 15) is 0 Å². The zero-order chi connectivity index (χ0) is 21.3. The Morgan fingerprint density at radius 2 is 2.03 bits per heavy atom. The van der Waals surface area contributed by atoms with Gasteiger partial charge in [0.1, 0.15) is 0 Å². The molecule has 0 saturated carbocycles. The fraction of sp³-hybridized carbons (Fsp3) is 0.583. The zero-order valence-corrected chi connectivity index (χ0v) is 18.9. The molecule has 1 aliphatic heterocycles. The molecule has 1 aromatic heterocycles. The lowest BCUT2D eigenvalue weighted by Gasteiger charge is -2.33. The van der Waals surface area contributed by atoms with Gasteiger partial charge in [-0.25, -0.2) is 4.99 Å². The Balaban J connectivity index is 1.63. The fourth-order valence-electron chi connectivity index (χ4n) is 3.84. The second kappa shape index (κ2) is 11.2. The van der Waals surface area contributed by atoms with Crippen LogP contribution in [0.4, 0.5) is 0 Å². The van der Waals surface area contributed by atoms with Crippen molar-refractivity contribution in [3.63, 3.8) is 0 Å². The molecule has 6 heteroatoms. The van der Waals surface area contributed by atoms with Crippen LogP contribution in [-0.2, 0) is 19.6 Å². The first-order valence-corrected chi connectivity index (χ1v) is 11.3. The monoisotopic (exact) mass is 411 g/mol. The average Bonchev–Trinajstić information content (AvgIpc) is 3.22. The average molecular weight is 412 g/mol. The number of piperidine rings is 1. The van der Waals surface area contributed by atoms with Crippen LogP contribution < -0.4 is 10.6 Å². The van der Waals surface area contributed by atoms with Gasteiger partial charge in [0.05, 0.1) is 18.8 Å². The van der Waals surface area contributed by atoms with E-state index in [1.807, 2.05) is 6.07 Å². The van der Waals surface area contributed by atoms with E-state index < -0.39 is 0 Å². The Kier molecular flexibility index (Phi) is 8.31. The molecule has 0 amide bonds. The van der Waals surface area contributed by atoms with Crippen LogP contribution >= 0.6 is 0 Å². The summed E-state index contributed by atoms with van der Waals surface area (Å²) in [7, 11) is 0. The van der Waals surface area contributed by atoms with Crippen molar-refractivity contribution < 1.29 is 4.52 Å². The lowest BCUT2D eigenvalue weighted by Crippen LogP contribution is -2.37. The molecule has 30 heavy (non-hydrogen) atoms. The highest BCUT2D eigenvalue weighted by Crippen LogP contribution is 2.21. The second-order valence-corrected chi connectivity index (χ2v) is 8.51. The molecule has 0 bridgehead atoms. The first kappa shape index (κ1) is 22.3. The van der Waals surface area contributed by atoms with Crippen molar-refractivity contribution >= 4 is 5.96 Å². The number of nitrogens with zero attached hydrogens (tertiary/aromatic N) is 3. The van der Waals surface area contributed by atoms with E-state index in [0.717, 1.165) is 30.5 Å². The predicted molar refractivity (Wildman–Crippen MR) is 122 cm³/mol. The van der Waals surface area contributed by atoms with Gasteiger partial charge in [-0.15, -0.1) is 0 Å². The third kappa shape index (κ3) is 6.33. The summed E-state index contributed by atoms with van der Waals surface area (Å²) < 4.78 is 5.43. The van der Waals surface area contributed by atoms with Crippen molar-refractivity contribution in [2.45, 2.75) is 78.6 Å². The van der Waals surface area contributed by atoms with Crippen LogP contribution in [0.25, 0.3) is 0 Å². The largest absolute Gasteiger partial charge is 0.359 e. The van der Waals surface area contributed by atoms with Crippen LogP contribution in [0.15, 0.2) is 39.8 Å². The number of benzene rings is 1. The molecule has 2 aromatic rings. The maximum absolute atomic E-state index is 5.43. The molecule has 1 aliphatic rings. The van der Waals surface area contributed by atoms with Crippen molar-refractivity contribution in [3.8, 4) is 0 Å². The minimum absolute atomic E-state index is 0.364. The van der Waals surface area contributed by atoms with Crippen LogP contribution in [0.3, 0.4) is 0 Å². The molecule has 2 heterocycles. The van der Waals surface area contributed by atoms with Crippen LogP contribution in [0.1, 0.15) is 75.5 Å². The summed E-state index contributed by atoms with van der Waals surface area (Å²) in [5.74, 6) is 1.98. The van der Waals surface area contributed by atoms with E-state index in [-0.39, 0.29) is 0 Å². The standard InChI is InChI=1S/C24H37N5O/c1-5-25-24(27-16-22-14-23(18(2)3)28-30-22)26-15-20-11-6-7-12-21(20)17-29-13-9-8-10-19(29)4/h6-7,11-12,14,18-19H,5,8-10,13,15-17H2,1-4H3,(H2,25,26,27). The molecular weight excluding hydrogens is 374 g/mol. The van der Waals surface area contributed by atoms with Gasteiger partial charge in [-0.1, -0.05) is 49.7 Å². The van der Waals surface area contributed by atoms with Gasteiger partial charge >= 0.3 is 0 Å². The first-order chi connectivity index (χ1) is 14.6. The number of likely N-dealkylation sites (tertiary alicyclic amines) is 1. The summed E-state index contributed by atoms with van der Waals surface area (Å²) in [4.78, 5) is 7.43. The van der Waals surface area contributed by atoms with E-state index in [1.54, 1.807) is 0 Å². The molecule has 3 rings (SSSR count). The topological polar surface area (TPSA) is 65.7 Å². The summed E-state index contributed by atoms with van der Waals surface area (Å²) in [5.41, 5.74) is 3.64. The number of rotatable bonds is 8. The maximum atomic E-state index is 5.43. The van der Waals surface area contributed by atoms with Gasteiger partial charge in [0.2, 0.25) is 0 Å². The van der Waals surface area contributed by atoms with E-state index in [0.29, 0.717) is 25.0 Å². The molecule has 164 valence electrons. The number of aromatic nitrogens is 1. The van der Waals surface area contributed by atoms with E-state index in [2.05, 4.69) is 72.7 Å². The molecule has 1 unspecified atom stereocenters. The molecule has 1 atom stereocenters. The molecule has 1 fully saturated rings. The smallest absolute Gasteiger partial charge is 0.191 e. The van der Waals surface area contributed by atoms with E-state index in [4.69, 9.17) is 9.52 Å². The SMILES string of the molecule is CCNC(=NCc1ccccc1CN1CCCCC1C)NCc1cc(C(C)C)no1. The van der Waals surface area contributed by atoms with Crippen molar-refractivity contribution in [3.05, 3.63) is 52.9 Å². The Morgan fingerprint density at radius 3 is 2.73 bits per heavy atom. The highest BCUT2D eigenvalue weighted by atomic mass is 16.5. The zero-order valence-electron chi connectivity index (χ0n) is 18.9. The number of guanidine groups is 1. The lowest BCUT2D eigenvalue weighted by molar-refractivity contribution is 0.152. The number of nitrogens with one attached hydrogen (secondary N) is 2. The Hall–Kier alpha value is -2.34. The lowest BCUT2D eigenvalue weighted by atomic mass is 10.0.